The number of amides is 1. The fraction of sp³-hybridized carbons (Fsp3) is 0.111. The number of aromatic amines is 1. The minimum absolute atomic E-state index is 0.119. The average Bonchev–Trinajstić information content (AvgIpc) is 2.75. The zero-order valence-corrected chi connectivity index (χ0v) is 8.39. The zero-order chi connectivity index (χ0) is 9.97. The van der Waals surface area contributed by atoms with Gasteiger partial charge >= 0.3 is 0 Å². The number of H-pyrrole nitrogens is 1. The molecule has 0 fully saturated rings. The molecular formula is C9H9N3OS. The van der Waals surface area contributed by atoms with Gasteiger partial charge in [0.2, 0.25) is 0 Å². The van der Waals surface area contributed by atoms with Crippen LogP contribution in [0.15, 0.2) is 23.6 Å². The van der Waals surface area contributed by atoms with Gasteiger partial charge in [-0.15, -0.1) is 11.3 Å². The molecule has 2 rings (SSSR count). The quantitative estimate of drug-likeness (QED) is 0.791. The second-order valence-electron chi connectivity index (χ2n) is 2.87. The predicted octanol–water partition coefficient (Wildman–Crippen LogP) is 2.03. The van der Waals surface area contributed by atoms with Crippen molar-refractivity contribution < 1.29 is 4.79 Å². The Labute approximate surface area is 85.0 Å². The standard InChI is InChI=1S/C9H9N3OS/c1-6-5-8(12-11-6)10-9(13)7-3-2-4-14-7/h2-5H,1H3,(H2,10,11,12,13). The van der Waals surface area contributed by atoms with Crippen LogP contribution in [0.1, 0.15) is 15.4 Å². The van der Waals surface area contributed by atoms with Gasteiger partial charge in [-0.3, -0.25) is 9.89 Å². The van der Waals surface area contributed by atoms with Crippen molar-refractivity contribution in [2.24, 2.45) is 0 Å². The molecule has 2 N–H and O–H groups in total. The van der Waals surface area contributed by atoms with Crippen LogP contribution in [0.5, 0.6) is 0 Å². The molecule has 1 amide bonds. The van der Waals surface area contributed by atoms with Gasteiger partial charge < -0.3 is 5.32 Å². The number of nitrogens with one attached hydrogen (secondary N) is 2. The molecule has 14 heavy (non-hydrogen) atoms. The topological polar surface area (TPSA) is 57.8 Å². The molecule has 2 aromatic rings. The van der Waals surface area contributed by atoms with Crippen LogP contribution < -0.4 is 5.32 Å². The molecule has 0 aromatic carbocycles. The Morgan fingerprint density at radius 1 is 1.64 bits per heavy atom. The Bertz CT molecular complexity index is 433. The minimum Gasteiger partial charge on any atom is -0.304 e. The summed E-state index contributed by atoms with van der Waals surface area (Å²) in [5, 5.41) is 11.2. The first kappa shape index (κ1) is 8.96. The first-order valence-electron chi connectivity index (χ1n) is 4.12. The van der Waals surface area contributed by atoms with Crippen LogP contribution in [-0.2, 0) is 0 Å². The van der Waals surface area contributed by atoms with E-state index in [0.29, 0.717) is 10.7 Å². The highest BCUT2D eigenvalue weighted by molar-refractivity contribution is 7.12. The molecule has 0 spiro atoms. The predicted molar refractivity (Wildman–Crippen MR) is 55.6 cm³/mol. The average molecular weight is 207 g/mol. The maximum absolute atomic E-state index is 11.5. The summed E-state index contributed by atoms with van der Waals surface area (Å²) in [5.41, 5.74) is 0.923. The summed E-state index contributed by atoms with van der Waals surface area (Å²) >= 11 is 1.41. The number of carbonyl (C=O) groups is 1. The smallest absolute Gasteiger partial charge is 0.266 e. The normalized spacial score (nSPS) is 10.1. The number of aryl methyl sites for hydroxylation is 1. The Hall–Kier alpha value is -1.62. The van der Waals surface area contributed by atoms with E-state index in [1.54, 1.807) is 12.1 Å². The molecule has 2 aromatic heterocycles. The molecule has 72 valence electrons. The van der Waals surface area contributed by atoms with Gasteiger partial charge in [0.1, 0.15) is 0 Å². The van der Waals surface area contributed by atoms with Crippen LogP contribution >= 0.6 is 11.3 Å². The van der Waals surface area contributed by atoms with Crippen LogP contribution in [0.3, 0.4) is 0 Å². The van der Waals surface area contributed by atoms with E-state index in [4.69, 9.17) is 0 Å². The van der Waals surface area contributed by atoms with E-state index in [1.807, 2.05) is 18.4 Å². The summed E-state index contributed by atoms with van der Waals surface area (Å²) in [6.45, 7) is 1.88. The summed E-state index contributed by atoms with van der Waals surface area (Å²) < 4.78 is 0. The van der Waals surface area contributed by atoms with E-state index in [0.717, 1.165) is 5.69 Å². The molecule has 0 unspecified atom stereocenters. The van der Waals surface area contributed by atoms with Gasteiger partial charge in [0.05, 0.1) is 4.88 Å². The van der Waals surface area contributed by atoms with Crippen LogP contribution in [0.4, 0.5) is 5.82 Å². The van der Waals surface area contributed by atoms with Crippen molar-refractivity contribution in [1.29, 1.82) is 0 Å². The molecule has 0 aliphatic rings. The van der Waals surface area contributed by atoms with E-state index in [1.165, 1.54) is 11.3 Å². The molecular weight excluding hydrogens is 198 g/mol. The van der Waals surface area contributed by atoms with Crippen molar-refractivity contribution in [3.05, 3.63) is 34.2 Å². The maximum atomic E-state index is 11.5. The van der Waals surface area contributed by atoms with E-state index in [-0.39, 0.29) is 5.91 Å². The lowest BCUT2D eigenvalue weighted by Gasteiger charge is -1.96. The van der Waals surface area contributed by atoms with Crippen LogP contribution in [-0.4, -0.2) is 16.1 Å². The van der Waals surface area contributed by atoms with E-state index in [9.17, 15) is 4.79 Å². The van der Waals surface area contributed by atoms with Gasteiger partial charge in [-0.25, -0.2) is 0 Å². The molecule has 0 aliphatic carbocycles. The van der Waals surface area contributed by atoms with Crippen molar-refractivity contribution in [3.63, 3.8) is 0 Å². The van der Waals surface area contributed by atoms with Gasteiger partial charge in [-0.1, -0.05) is 6.07 Å². The van der Waals surface area contributed by atoms with E-state index in [2.05, 4.69) is 15.5 Å². The number of nitrogens with zero attached hydrogens (tertiary/aromatic N) is 1. The van der Waals surface area contributed by atoms with Crippen molar-refractivity contribution in [1.82, 2.24) is 10.2 Å². The van der Waals surface area contributed by atoms with Gasteiger partial charge in [-0.2, -0.15) is 5.10 Å². The molecule has 4 nitrogen and oxygen atoms in total. The number of rotatable bonds is 2. The summed E-state index contributed by atoms with van der Waals surface area (Å²) in [4.78, 5) is 12.2. The Morgan fingerprint density at radius 2 is 2.50 bits per heavy atom. The highest BCUT2D eigenvalue weighted by atomic mass is 32.1. The largest absolute Gasteiger partial charge is 0.304 e. The SMILES string of the molecule is Cc1cc(NC(=O)c2cccs2)n[nH]1. The van der Waals surface area contributed by atoms with Crippen molar-refractivity contribution in [2.75, 3.05) is 5.32 Å². The number of hydrogen-bond donors (Lipinski definition) is 2. The first-order chi connectivity index (χ1) is 6.75. The Kier molecular flexibility index (Phi) is 2.32. The minimum atomic E-state index is -0.119. The number of hydrogen-bond acceptors (Lipinski definition) is 3. The summed E-state index contributed by atoms with van der Waals surface area (Å²) in [6, 6.07) is 5.40. The number of carbonyl (C=O) groups excluding carboxylic acids is 1. The highest BCUT2D eigenvalue weighted by Gasteiger charge is 2.07. The van der Waals surface area contributed by atoms with Crippen molar-refractivity contribution >= 4 is 23.1 Å². The van der Waals surface area contributed by atoms with Crippen molar-refractivity contribution in [2.45, 2.75) is 6.92 Å². The summed E-state index contributed by atoms with van der Waals surface area (Å²) in [5.74, 6) is 0.437. The molecule has 0 radical (unpaired) electrons. The van der Waals surface area contributed by atoms with Crippen LogP contribution in [0.25, 0.3) is 0 Å². The number of aromatic nitrogens is 2. The second kappa shape index (κ2) is 3.63. The molecule has 5 heteroatoms. The first-order valence-corrected chi connectivity index (χ1v) is 5.00. The third-order valence-electron chi connectivity index (χ3n) is 1.69. The van der Waals surface area contributed by atoms with E-state index >= 15 is 0 Å². The van der Waals surface area contributed by atoms with Gasteiger partial charge in [0.25, 0.3) is 5.91 Å². The molecule has 2 heterocycles. The lowest BCUT2D eigenvalue weighted by Crippen LogP contribution is -2.10. The molecule has 0 saturated carbocycles. The monoisotopic (exact) mass is 207 g/mol. The summed E-state index contributed by atoms with van der Waals surface area (Å²) in [6.07, 6.45) is 0. The molecule has 0 saturated heterocycles. The lowest BCUT2D eigenvalue weighted by molar-refractivity contribution is 0.103. The summed E-state index contributed by atoms with van der Waals surface area (Å²) in [7, 11) is 0. The van der Waals surface area contributed by atoms with Gasteiger partial charge in [0.15, 0.2) is 5.82 Å². The molecule has 0 bridgehead atoms. The van der Waals surface area contributed by atoms with E-state index < -0.39 is 0 Å². The highest BCUT2D eigenvalue weighted by Crippen LogP contribution is 2.11. The third kappa shape index (κ3) is 1.82. The number of anilines is 1. The lowest BCUT2D eigenvalue weighted by atomic mass is 10.4. The third-order valence-corrected chi connectivity index (χ3v) is 2.56. The van der Waals surface area contributed by atoms with Crippen LogP contribution in [0, 0.1) is 6.92 Å². The van der Waals surface area contributed by atoms with Crippen LogP contribution in [0.2, 0.25) is 0 Å². The Morgan fingerprint density at radius 3 is 3.07 bits per heavy atom. The Balaban J connectivity index is 2.09. The molecule has 0 atom stereocenters. The number of thiophene rings is 1. The van der Waals surface area contributed by atoms with Crippen molar-refractivity contribution in [3.8, 4) is 0 Å². The fourth-order valence-electron chi connectivity index (χ4n) is 1.07. The molecule has 0 aliphatic heterocycles. The van der Waals surface area contributed by atoms with Gasteiger partial charge in [-0.05, 0) is 18.4 Å². The fourth-order valence-corrected chi connectivity index (χ4v) is 1.69. The maximum Gasteiger partial charge on any atom is 0.266 e. The second-order valence-corrected chi connectivity index (χ2v) is 3.82. The zero-order valence-electron chi connectivity index (χ0n) is 7.57. The van der Waals surface area contributed by atoms with Gasteiger partial charge in [0, 0.05) is 11.8 Å².